The van der Waals surface area contributed by atoms with Crippen LogP contribution in [0.5, 0.6) is 0 Å². The van der Waals surface area contributed by atoms with Gasteiger partial charge in [-0.3, -0.25) is 0 Å². The highest BCUT2D eigenvalue weighted by molar-refractivity contribution is 5.32. The van der Waals surface area contributed by atoms with Crippen molar-refractivity contribution in [2.24, 2.45) is 0 Å². The average Bonchev–Trinajstić information content (AvgIpc) is 2.31. The maximum absolute atomic E-state index is 2.36. The van der Waals surface area contributed by atoms with Crippen LogP contribution in [0, 0.1) is 0 Å². The van der Waals surface area contributed by atoms with Crippen molar-refractivity contribution in [3.05, 3.63) is 59.2 Å². The summed E-state index contributed by atoms with van der Waals surface area (Å²) in [5, 5.41) is 0. The molecule has 0 heteroatoms. The first kappa shape index (κ1) is 11.2. The topological polar surface area (TPSA) is 0 Å². The second-order valence-electron chi connectivity index (χ2n) is 4.83. The van der Waals surface area contributed by atoms with Gasteiger partial charge in [0.2, 0.25) is 0 Å². The van der Waals surface area contributed by atoms with Crippen molar-refractivity contribution < 1.29 is 0 Å². The lowest BCUT2D eigenvalue weighted by molar-refractivity contribution is 0.865. The van der Waals surface area contributed by atoms with Crippen LogP contribution in [0.3, 0.4) is 0 Å². The number of allylic oxidation sites excluding steroid dienone is 4. The number of hydrogen-bond donors (Lipinski definition) is 0. The second-order valence-corrected chi connectivity index (χ2v) is 4.83. The molecule has 0 spiro atoms. The zero-order chi connectivity index (χ0) is 11.4. The first-order valence-electron chi connectivity index (χ1n) is 6.20. The van der Waals surface area contributed by atoms with Crippen LogP contribution >= 0.6 is 0 Å². The highest BCUT2D eigenvalue weighted by atomic mass is 14.1. The first-order valence-corrected chi connectivity index (χ1v) is 6.20. The lowest BCUT2D eigenvalue weighted by Gasteiger charge is -2.09. The van der Waals surface area contributed by atoms with Crippen molar-refractivity contribution in [3.8, 4) is 0 Å². The summed E-state index contributed by atoms with van der Waals surface area (Å²) in [4.78, 5) is 0. The number of benzene rings is 1. The molecule has 1 aromatic carbocycles. The van der Waals surface area contributed by atoms with Crippen molar-refractivity contribution in [3.63, 3.8) is 0 Å². The first-order chi connectivity index (χ1) is 7.75. The van der Waals surface area contributed by atoms with E-state index in [1.165, 1.54) is 29.5 Å². The summed E-state index contributed by atoms with van der Waals surface area (Å²) in [7, 11) is 0. The minimum atomic E-state index is 0.628. The number of rotatable bonds is 3. The lowest BCUT2D eigenvalue weighted by atomic mass is 9.97. The van der Waals surface area contributed by atoms with E-state index in [1.807, 2.05) is 0 Å². The molecule has 0 saturated heterocycles. The van der Waals surface area contributed by atoms with Crippen LogP contribution in [0.4, 0.5) is 0 Å². The van der Waals surface area contributed by atoms with E-state index in [0.29, 0.717) is 5.92 Å². The molecule has 0 amide bonds. The summed E-state index contributed by atoms with van der Waals surface area (Å²) in [5.41, 5.74) is 4.31. The number of hydrogen-bond acceptors (Lipinski definition) is 0. The van der Waals surface area contributed by atoms with E-state index in [2.05, 4.69) is 56.3 Å². The molecule has 16 heavy (non-hydrogen) atoms. The summed E-state index contributed by atoms with van der Waals surface area (Å²) in [5.74, 6) is 0.628. The summed E-state index contributed by atoms with van der Waals surface area (Å²) in [6, 6.07) is 9.04. The van der Waals surface area contributed by atoms with Crippen LogP contribution in [0.1, 0.15) is 43.7 Å². The van der Waals surface area contributed by atoms with E-state index in [0.717, 1.165) is 6.42 Å². The Morgan fingerprint density at radius 1 is 1.06 bits per heavy atom. The molecule has 0 unspecified atom stereocenters. The van der Waals surface area contributed by atoms with E-state index in [4.69, 9.17) is 0 Å². The minimum absolute atomic E-state index is 0.628. The third-order valence-corrected chi connectivity index (χ3v) is 3.13. The molecule has 2 rings (SSSR count). The van der Waals surface area contributed by atoms with Gasteiger partial charge in [-0.1, -0.05) is 56.3 Å². The molecule has 1 aromatic rings. The quantitative estimate of drug-likeness (QED) is 0.685. The zero-order valence-electron chi connectivity index (χ0n) is 10.2. The Balaban J connectivity index is 2.05. The van der Waals surface area contributed by atoms with Crippen molar-refractivity contribution in [1.29, 1.82) is 0 Å². The van der Waals surface area contributed by atoms with Gasteiger partial charge in [-0.05, 0) is 41.9 Å². The molecule has 0 atom stereocenters. The SMILES string of the molecule is CC(C)c1ccc(CC2=CCCC=C2)cc1. The van der Waals surface area contributed by atoms with Gasteiger partial charge in [-0.2, -0.15) is 0 Å². The lowest BCUT2D eigenvalue weighted by Crippen LogP contribution is -1.93. The Morgan fingerprint density at radius 2 is 1.81 bits per heavy atom. The highest BCUT2D eigenvalue weighted by Gasteiger charge is 2.01. The maximum Gasteiger partial charge on any atom is -0.00290 e. The van der Waals surface area contributed by atoms with Gasteiger partial charge in [-0.25, -0.2) is 0 Å². The fraction of sp³-hybridized carbons (Fsp3) is 0.375. The Kier molecular flexibility index (Phi) is 3.61. The van der Waals surface area contributed by atoms with Gasteiger partial charge in [-0.15, -0.1) is 0 Å². The third-order valence-electron chi connectivity index (χ3n) is 3.13. The molecule has 0 radical (unpaired) electrons. The van der Waals surface area contributed by atoms with Gasteiger partial charge in [0.1, 0.15) is 0 Å². The van der Waals surface area contributed by atoms with Crippen LogP contribution in [0.15, 0.2) is 48.1 Å². The summed E-state index contributed by atoms with van der Waals surface area (Å²) < 4.78 is 0. The van der Waals surface area contributed by atoms with Crippen molar-refractivity contribution in [2.75, 3.05) is 0 Å². The normalized spacial score (nSPS) is 15.3. The highest BCUT2D eigenvalue weighted by Crippen LogP contribution is 2.18. The van der Waals surface area contributed by atoms with Gasteiger partial charge < -0.3 is 0 Å². The van der Waals surface area contributed by atoms with E-state index < -0.39 is 0 Å². The van der Waals surface area contributed by atoms with E-state index in [1.54, 1.807) is 0 Å². The fourth-order valence-corrected chi connectivity index (χ4v) is 2.05. The van der Waals surface area contributed by atoms with E-state index >= 15 is 0 Å². The molecular formula is C16H20. The molecule has 0 aromatic heterocycles. The molecular weight excluding hydrogens is 192 g/mol. The van der Waals surface area contributed by atoms with Crippen molar-refractivity contribution >= 4 is 0 Å². The Morgan fingerprint density at radius 3 is 2.38 bits per heavy atom. The Hall–Kier alpha value is -1.30. The summed E-state index contributed by atoms with van der Waals surface area (Å²) in [6.07, 6.45) is 10.4. The average molecular weight is 212 g/mol. The maximum atomic E-state index is 2.36. The molecule has 84 valence electrons. The van der Waals surface area contributed by atoms with Crippen LogP contribution in [0.25, 0.3) is 0 Å². The standard InChI is InChI=1S/C16H20/c1-13(2)16-10-8-15(9-11-16)12-14-6-4-3-5-7-14/h4,6-11,13H,3,5,12H2,1-2H3. The predicted molar refractivity (Wildman–Crippen MR) is 70.7 cm³/mol. The monoisotopic (exact) mass is 212 g/mol. The van der Waals surface area contributed by atoms with Crippen LogP contribution < -0.4 is 0 Å². The predicted octanol–water partition coefficient (Wildman–Crippen LogP) is 4.63. The summed E-state index contributed by atoms with van der Waals surface area (Å²) in [6.45, 7) is 4.48. The largest absolute Gasteiger partial charge is 0.0840 e. The van der Waals surface area contributed by atoms with Gasteiger partial charge in [0.05, 0.1) is 0 Å². The smallest absolute Gasteiger partial charge is 0.00290 e. The third kappa shape index (κ3) is 2.85. The van der Waals surface area contributed by atoms with E-state index in [9.17, 15) is 0 Å². The molecule has 0 aliphatic heterocycles. The van der Waals surface area contributed by atoms with Crippen molar-refractivity contribution in [2.45, 2.75) is 39.0 Å². The minimum Gasteiger partial charge on any atom is -0.0840 e. The van der Waals surface area contributed by atoms with Crippen molar-refractivity contribution in [1.82, 2.24) is 0 Å². The summed E-state index contributed by atoms with van der Waals surface area (Å²) >= 11 is 0. The molecule has 0 fully saturated rings. The van der Waals surface area contributed by atoms with Crippen LogP contribution in [0.2, 0.25) is 0 Å². The van der Waals surface area contributed by atoms with Gasteiger partial charge in [0, 0.05) is 0 Å². The second kappa shape index (κ2) is 5.16. The van der Waals surface area contributed by atoms with Crippen LogP contribution in [-0.4, -0.2) is 0 Å². The molecule has 0 nitrogen and oxygen atoms in total. The Labute approximate surface area is 98.7 Å². The zero-order valence-corrected chi connectivity index (χ0v) is 10.2. The molecule has 0 N–H and O–H groups in total. The van der Waals surface area contributed by atoms with Gasteiger partial charge in [0.15, 0.2) is 0 Å². The van der Waals surface area contributed by atoms with Gasteiger partial charge >= 0.3 is 0 Å². The fourth-order valence-electron chi connectivity index (χ4n) is 2.05. The van der Waals surface area contributed by atoms with Crippen LogP contribution in [-0.2, 0) is 6.42 Å². The molecule has 0 bridgehead atoms. The molecule has 0 saturated carbocycles. The molecule has 0 heterocycles. The molecule has 1 aliphatic rings. The Bertz CT molecular complexity index is 391. The van der Waals surface area contributed by atoms with Gasteiger partial charge in [0.25, 0.3) is 0 Å². The van der Waals surface area contributed by atoms with E-state index in [-0.39, 0.29) is 0 Å². The molecule has 1 aliphatic carbocycles.